The lowest BCUT2D eigenvalue weighted by molar-refractivity contribution is -0.118. The van der Waals surface area contributed by atoms with Crippen molar-refractivity contribution in [2.45, 2.75) is 51.6 Å². The van der Waals surface area contributed by atoms with Crippen LogP contribution in [0.3, 0.4) is 0 Å². The minimum atomic E-state index is -0.190. The zero-order chi connectivity index (χ0) is 19.0. The van der Waals surface area contributed by atoms with Gasteiger partial charge in [0.2, 0.25) is 5.91 Å². The van der Waals surface area contributed by atoms with Crippen LogP contribution in [0.5, 0.6) is 0 Å². The topological polar surface area (TPSA) is 53.1 Å². The van der Waals surface area contributed by atoms with E-state index in [1.807, 2.05) is 11.8 Å². The maximum absolute atomic E-state index is 12.6. The second kappa shape index (κ2) is 7.50. The van der Waals surface area contributed by atoms with Crippen LogP contribution >= 0.6 is 0 Å². The Morgan fingerprint density at radius 1 is 1.15 bits per heavy atom. The number of hydrogen-bond acceptors (Lipinski definition) is 4. The fraction of sp³-hybridized carbons (Fsp3) is 0.619. The van der Waals surface area contributed by atoms with Gasteiger partial charge < -0.3 is 14.5 Å². The van der Waals surface area contributed by atoms with Crippen LogP contribution in [0, 0.1) is 6.92 Å². The van der Waals surface area contributed by atoms with Crippen LogP contribution in [0.2, 0.25) is 0 Å². The lowest BCUT2D eigenvalue weighted by Crippen LogP contribution is -2.50. The quantitative estimate of drug-likeness (QED) is 0.820. The van der Waals surface area contributed by atoms with Gasteiger partial charge in [0.05, 0.1) is 13.0 Å². The van der Waals surface area contributed by atoms with Gasteiger partial charge in [-0.3, -0.25) is 9.69 Å². The van der Waals surface area contributed by atoms with Crippen LogP contribution in [0.4, 0.5) is 10.5 Å². The summed E-state index contributed by atoms with van der Waals surface area (Å²) in [6.45, 7) is 7.85. The van der Waals surface area contributed by atoms with E-state index in [0.29, 0.717) is 25.1 Å². The molecular weight excluding hydrogens is 342 g/mol. The number of benzene rings is 1. The number of anilines is 1. The number of likely N-dealkylation sites (tertiary alicyclic amines) is 2. The molecule has 3 aliphatic heterocycles. The van der Waals surface area contributed by atoms with E-state index in [2.05, 4.69) is 34.9 Å². The summed E-state index contributed by atoms with van der Waals surface area (Å²) in [5.74, 6) is 0.239. The predicted molar refractivity (Wildman–Crippen MR) is 104 cm³/mol. The van der Waals surface area contributed by atoms with E-state index in [-0.39, 0.29) is 12.0 Å². The SMILES string of the molecule is CCOC(=O)N1CCC(N2CCC(N3C(=O)Cc4ccc(C)cc43)CC2)C1. The predicted octanol–water partition coefficient (Wildman–Crippen LogP) is 2.58. The second-order valence-corrected chi connectivity index (χ2v) is 7.93. The zero-order valence-electron chi connectivity index (χ0n) is 16.3. The maximum Gasteiger partial charge on any atom is 0.409 e. The molecule has 6 heteroatoms. The monoisotopic (exact) mass is 371 g/mol. The number of fused-ring (bicyclic) bond motifs is 1. The van der Waals surface area contributed by atoms with Crippen molar-refractivity contribution < 1.29 is 14.3 Å². The van der Waals surface area contributed by atoms with Crippen LogP contribution in [0.1, 0.15) is 37.3 Å². The van der Waals surface area contributed by atoms with Crippen LogP contribution in [0.15, 0.2) is 18.2 Å². The average Bonchev–Trinajstić information content (AvgIpc) is 3.26. The molecule has 3 aliphatic rings. The molecule has 27 heavy (non-hydrogen) atoms. The van der Waals surface area contributed by atoms with Crippen LogP contribution in [0.25, 0.3) is 0 Å². The Morgan fingerprint density at radius 3 is 2.63 bits per heavy atom. The van der Waals surface area contributed by atoms with Gasteiger partial charge in [-0.25, -0.2) is 4.79 Å². The molecule has 4 rings (SSSR count). The highest BCUT2D eigenvalue weighted by atomic mass is 16.6. The summed E-state index contributed by atoms with van der Waals surface area (Å²) < 4.78 is 5.13. The van der Waals surface area contributed by atoms with Crippen molar-refractivity contribution in [1.29, 1.82) is 0 Å². The lowest BCUT2D eigenvalue weighted by atomic mass is 10.0. The van der Waals surface area contributed by atoms with Gasteiger partial charge in [-0.15, -0.1) is 0 Å². The van der Waals surface area contributed by atoms with Gasteiger partial charge in [0.15, 0.2) is 0 Å². The number of rotatable bonds is 3. The third kappa shape index (κ3) is 3.55. The van der Waals surface area contributed by atoms with Crippen LogP contribution in [-0.2, 0) is 16.0 Å². The minimum absolute atomic E-state index is 0.190. The number of aryl methyl sites for hydroxylation is 1. The molecule has 0 N–H and O–H groups in total. The van der Waals surface area contributed by atoms with Gasteiger partial charge in [0.1, 0.15) is 0 Å². The molecular formula is C21H29N3O3. The van der Waals surface area contributed by atoms with E-state index in [9.17, 15) is 9.59 Å². The van der Waals surface area contributed by atoms with E-state index in [1.54, 1.807) is 0 Å². The number of carbonyl (C=O) groups excluding carboxylic acids is 2. The average molecular weight is 371 g/mol. The molecule has 0 saturated carbocycles. The zero-order valence-corrected chi connectivity index (χ0v) is 16.3. The van der Waals surface area contributed by atoms with Crippen molar-refractivity contribution in [2.24, 2.45) is 0 Å². The molecule has 0 aromatic heterocycles. The molecule has 2 amide bonds. The van der Waals surface area contributed by atoms with E-state index < -0.39 is 0 Å². The van der Waals surface area contributed by atoms with Crippen molar-refractivity contribution in [3.05, 3.63) is 29.3 Å². The Morgan fingerprint density at radius 2 is 1.89 bits per heavy atom. The number of piperidine rings is 1. The van der Waals surface area contributed by atoms with Gasteiger partial charge in [-0.1, -0.05) is 12.1 Å². The fourth-order valence-corrected chi connectivity index (χ4v) is 4.76. The first kappa shape index (κ1) is 18.3. The van der Waals surface area contributed by atoms with E-state index in [1.165, 1.54) is 5.56 Å². The Bertz CT molecular complexity index is 727. The number of hydrogen-bond donors (Lipinski definition) is 0. The molecule has 6 nitrogen and oxygen atoms in total. The van der Waals surface area contributed by atoms with Crippen LogP contribution < -0.4 is 4.90 Å². The van der Waals surface area contributed by atoms with E-state index >= 15 is 0 Å². The first-order chi connectivity index (χ1) is 13.1. The molecule has 2 saturated heterocycles. The first-order valence-electron chi connectivity index (χ1n) is 10.1. The highest BCUT2D eigenvalue weighted by molar-refractivity contribution is 6.02. The Hall–Kier alpha value is -2.08. The minimum Gasteiger partial charge on any atom is -0.450 e. The van der Waals surface area contributed by atoms with Crippen molar-refractivity contribution in [1.82, 2.24) is 9.80 Å². The molecule has 1 unspecified atom stereocenters. The molecule has 2 fully saturated rings. The maximum atomic E-state index is 12.6. The number of ether oxygens (including phenoxy) is 1. The van der Waals surface area contributed by atoms with Crippen LogP contribution in [-0.4, -0.2) is 66.7 Å². The van der Waals surface area contributed by atoms with Gasteiger partial charge >= 0.3 is 6.09 Å². The molecule has 3 heterocycles. The van der Waals surface area contributed by atoms with Crippen molar-refractivity contribution >= 4 is 17.7 Å². The summed E-state index contributed by atoms with van der Waals surface area (Å²) >= 11 is 0. The smallest absolute Gasteiger partial charge is 0.409 e. The number of nitrogens with zero attached hydrogens (tertiary/aromatic N) is 3. The van der Waals surface area contributed by atoms with Gasteiger partial charge in [-0.05, 0) is 50.3 Å². The van der Waals surface area contributed by atoms with E-state index in [0.717, 1.165) is 56.7 Å². The van der Waals surface area contributed by atoms with Crippen molar-refractivity contribution in [2.75, 3.05) is 37.7 Å². The normalized spacial score (nSPS) is 23.8. The lowest BCUT2D eigenvalue weighted by Gasteiger charge is -2.39. The molecule has 0 spiro atoms. The summed E-state index contributed by atoms with van der Waals surface area (Å²) in [7, 11) is 0. The summed E-state index contributed by atoms with van der Waals surface area (Å²) in [4.78, 5) is 30.9. The Labute approximate surface area is 161 Å². The Balaban J connectivity index is 1.36. The number of amides is 2. The molecule has 0 radical (unpaired) electrons. The third-order valence-electron chi connectivity index (χ3n) is 6.18. The Kier molecular flexibility index (Phi) is 5.08. The highest BCUT2D eigenvalue weighted by Gasteiger charge is 2.37. The molecule has 146 valence electrons. The molecule has 1 atom stereocenters. The standard InChI is InChI=1S/C21H29N3O3/c1-3-27-21(26)23-11-8-18(14-23)22-9-6-17(7-10-22)24-19-12-15(2)4-5-16(19)13-20(24)25/h4-5,12,17-18H,3,6-11,13-14H2,1-2H3. The molecule has 1 aromatic rings. The summed E-state index contributed by atoms with van der Waals surface area (Å²) in [5, 5.41) is 0. The van der Waals surface area contributed by atoms with Crippen molar-refractivity contribution in [3.8, 4) is 0 Å². The fourth-order valence-electron chi connectivity index (χ4n) is 4.76. The van der Waals surface area contributed by atoms with E-state index in [4.69, 9.17) is 4.74 Å². The molecule has 1 aromatic carbocycles. The van der Waals surface area contributed by atoms with Crippen molar-refractivity contribution in [3.63, 3.8) is 0 Å². The largest absolute Gasteiger partial charge is 0.450 e. The summed E-state index contributed by atoms with van der Waals surface area (Å²) in [6.07, 6.45) is 3.34. The summed E-state index contributed by atoms with van der Waals surface area (Å²) in [6, 6.07) is 7.05. The molecule has 0 aliphatic carbocycles. The summed E-state index contributed by atoms with van der Waals surface area (Å²) in [5.41, 5.74) is 3.48. The third-order valence-corrected chi connectivity index (χ3v) is 6.18. The first-order valence-corrected chi connectivity index (χ1v) is 10.1. The van der Waals surface area contributed by atoms with Gasteiger partial charge in [-0.2, -0.15) is 0 Å². The second-order valence-electron chi connectivity index (χ2n) is 7.93. The molecule has 0 bridgehead atoms. The highest BCUT2D eigenvalue weighted by Crippen LogP contribution is 2.34. The van der Waals surface area contributed by atoms with Gasteiger partial charge in [0.25, 0.3) is 0 Å². The number of carbonyl (C=O) groups is 2. The van der Waals surface area contributed by atoms with Gasteiger partial charge in [0, 0.05) is 44.0 Å².